The van der Waals surface area contributed by atoms with E-state index >= 15 is 0 Å². The van der Waals surface area contributed by atoms with Crippen LogP contribution in [0, 0.1) is 11.8 Å². The molecule has 0 bridgehead atoms. The largest absolute Gasteiger partial charge is 0.271 e. The van der Waals surface area contributed by atoms with Crippen molar-refractivity contribution < 1.29 is 0 Å². The van der Waals surface area contributed by atoms with Gasteiger partial charge in [0, 0.05) is 17.9 Å². The van der Waals surface area contributed by atoms with E-state index in [1.54, 1.807) is 0 Å². The van der Waals surface area contributed by atoms with Gasteiger partial charge in [-0.2, -0.15) is 0 Å². The Labute approximate surface area is 117 Å². The van der Waals surface area contributed by atoms with Crippen molar-refractivity contribution in [2.24, 2.45) is 5.84 Å². The summed E-state index contributed by atoms with van der Waals surface area (Å²) in [5.41, 5.74) is 4.49. The van der Waals surface area contributed by atoms with Gasteiger partial charge in [-0.25, -0.2) is 0 Å². The lowest BCUT2D eigenvalue weighted by atomic mass is 9.69. The van der Waals surface area contributed by atoms with Gasteiger partial charge in [0.15, 0.2) is 0 Å². The molecule has 0 aliphatic carbocycles. The van der Waals surface area contributed by atoms with Crippen LogP contribution in [-0.2, 0) is 5.41 Å². The maximum Gasteiger partial charge on any atom is 0.0316 e. The van der Waals surface area contributed by atoms with E-state index in [0.29, 0.717) is 0 Å². The van der Waals surface area contributed by atoms with E-state index in [1.807, 2.05) is 6.92 Å². The van der Waals surface area contributed by atoms with Crippen LogP contribution in [0.1, 0.15) is 52.0 Å². The standard InChI is InChI=1S/C17H26N2/c1-4-7-9-14-16(19-18)17(5-2,6-3)15-12-10-8-11-13-15/h8,10-13,16,19H,5-6,9,14,18H2,1-3H3. The van der Waals surface area contributed by atoms with Gasteiger partial charge in [0.2, 0.25) is 0 Å². The highest BCUT2D eigenvalue weighted by Crippen LogP contribution is 2.36. The fraction of sp³-hybridized carbons (Fsp3) is 0.529. The lowest BCUT2D eigenvalue weighted by Gasteiger charge is -2.40. The number of rotatable bonds is 7. The second-order valence-electron chi connectivity index (χ2n) is 4.91. The Morgan fingerprint density at radius 1 is 1.21 bits per heavy atom. The Kier molecular flexibility index (Phi) is 6.62. The third-order valence-corrected chi connectivity index (χ3v) is 4.21. The van der Waals surface area contributed by atoms with Crippen LogP contribution in [0.2, 0.25) is 0 Å². The molecule has 1 aromatic rings. The molecular weight excluding hydrogens is 232 g/mol. The molecule has 0 heterocycles. The van der Waals surface area contributed by atoms with Crippen LogP contribution < -0.4 is 11.3 Å². The molecule has 1 rings (SSSR count). The van der Waals surface area contributed by atoms with Crippen molar-refractivity contribution in [3.8, 4) is 11.8 Å². The van der Waals surface area contributed by atoms with E-state index in [-0.39, 0.29) is 11.5 Å². The molecule has 2 heteroatoms. The Hall–Kier alpha value is -1.30. The summed E-state index contributed by atoms with van der Waals surface area (Å²) < 4.78 is 0. The van der Waals surface area contributed by atoms with Crippen LogP contribution in [0.25, 0.3) is 0 Å². The molecule has 1 atom stereocenters. The monoisotopic (exact) mass is 258 g/mol. The minimum atomic E-state index is 0.0887. The van der Waals surface area contributed by atoms with E-state index in [4.69, 9.17) is 5.84 Å². The molecule has 0 radical (unpaired) electrons. The Morgan fingerprint density at radius 3 is 2.32 bits per heavy atom. The van der Waals surface area contributed by atoms with E-state index in [0.717, 1.165) is 25.7 Å². The zero-order valence-corrected chi connectivity index (χ0v) is 12.4. The molecule has 0 saturated carbocycles. The second-order valence-corrected chi connectivity index (χ2v) is 4.91. The van der Waals surface area contributed by atoms with Gasteiger partial charge in [0.05, 0.1) is 0 Å². The number of nitrogens with one attached hydrogen (secondary N) is 1. The maximum absolute atomic E-state index is 5.83. The van der Waals surface area contributed by atoms with Gasteiger partial charge in [-0.3, -0.25) is 11.3 Å². The van der Waals surface area contributed by atoms with E-state index in [2.05, 4.69) is 61.4 Å². The van der Waals surface area contributed by atoms with Gasteiger partial charge in [-0.05, 0) is 31.7 Å². The van der Waals surface area contributed by atoms with Crippen molar-refractivity contribution in [2.45, 2.75) is 57.9 Å². The summed E-state index contributed by atoms with van der Waals surface area (Å²) in [5, 5.41) is 0. The molecule has 1 aromatic carbocycles. The van der Waals surface area contributed by atoms with E-state index < -0.39 is 0 Å². The zero-order chi connectivity index (χ0) is 14.1. The highest BCUT2D eigenvalue weighted by atomic mass is 15.2. The van der Waals surface area contributed by atoms with Crippen molar-refractivity contribution >= 4 is 0 Å². The number of hydrogen-bond acceptors (Lipinski definition) is 2. The molecule has 0 fully saturated rings. The fourth-order valence-electron chi connectivity index (χ4n) is 2.98. The number of nitrogens with two attached hydrogens (primary N) is 1. The average molecular weight is 258 g/mol. The number of hydrazine groups is 1. The highest BCUT2D eigenvalue weighted by Gasteiger charge is 2.36. The predicted octanol–water partition coefficient (Wildman–Crippen LogP) is 3.38. The van der Waals surface area contributed by atoms with Crippen molar-refractivity contribution in [3.63, 3.8) is 0 Å². The third-order valence-electron chi connectivity index (χ3n) is 4.21. The van der Waals surface area contributed by atoms with Crippen molar-refractivity contribution in [2.75, 3.05) is 0 Å². The number of hydrogen-bond donors (Lipinski definition) is 2. The molecule has 1 unspecified atom stereocenters. The van der Waals surface area contributed by atoms with Gasteiger partial charge in [-0.15, -0.1) is 11.8 Å². The number of benzene rings is 1. The summed E-state index contributed by atoms with van der Waals surface area (Å²) in [4.78, 5) is 0. The molecule has 0 aliphatic heterocycles. The molecule has 2 nitrogen and oxygen atoms in total. The topological polar surface area (TPSA) is 38.0 Å². The normalized spacial score (nSPS) is 12.6. The minimum absolute atomic E-state index is 0.0887. The minimum Gasteiger partial charge on any atom is -0.271 e. The molecular formula is C17H26N2. The lowest BCUT2D eigenvalue weighted by Crippen LogP contribution is -2.50. The summed E-state index contributed by atoms with van der Waals surface area (Å²) in [6.45, 7) is 6.37. The van der Waals surface area contributed by atoms with Crippen LogP contribution in [0.15, 0.2) is 30.3 Å². The van der Waals surface area contributed by atoms with E-state index in [9.17, 15) is 0 Å². The van der Waals surface area contributed by atoms with Crippen LogP contribution in [0.5, 0.6) is 0 Å². The first kappa shape index (κ1) is 15.8. The van der Waals surface area contributed by atoms with Gasteiger partial charge in [-0.1, -0.05) is 44.2 Å². The molecule has 0 spiro atoms. The molecule has 0 aliphatic rings. The summed E-state index contributed by atoms with van der Waals surface area (Å²) in [7, 11) is 0. The van der Waals surface area contributed by atoms with Crippen LogP contribution >= 0.6 is 0 Å². The first-order valence-corrected chi connectivity index (χ1v) is 7.16. The summed E-state index contributed by atoms with van der Waals surface area (Å²) in [6, 6.07) is 11.0. The molecule has 0 amide bonds. The molecule has 3 N–H and O–H groups in total. The SMILES string of the molecule is CC#CCCC(NN)C(CC)(CC)c1ccccc1. The quantitative estimate of drug-likeness (QED) is 0.447. The van der Waals surface area contributed by atoms with Crippen LogP contribution in [-0.4, -0.2) is 6.04 Å². The van der Waals surface area contributed by atoms with E-state index in [1.165, 1.54) is 5.56 Å². The van der Waals surface area contributed by atoms with Crippen molar-refractivity contribution in [1.82, 2.24) is 5.43 Å². The van der Waals surface area contributed by atoms with Crippen LogP contribution in [0.3, 0.4) is 0 Å². The molecule has 19 heavy (non-hydrogen) atoms. The smallest absolute Gasteiger partial charge is 0.0316 e. The van der Waals surface area contributed by atoms with Gasteiger partial charge in [0.25, 0.3) is 0 Å². The predicted molar refractivity (Wildman–Crippen MR) is 82.5 cm³/mol. The van der Waals surface area contributed by atoms with Gasteiger partial charge < -0.3 is 0 Å². The van der Waals surface area contributed by atoms with Crippen molar-refractivity contribution in [1.29, 1.82) is 0 Å². The van der Waals surface area contributed by atoms with Crippen molar-refractivity contribution in [3.05, 3.63) is 35.9 Å². The molecule has 0 aromatic heterocycles. The maximum atomic E-state index is 5.83. The first-order chi connectivity index (χ1) is 9.25. The Balaban J connectivity index is 3.04. The summed E-state index contributed by atoms with van der Waals surface area (Å²) in [6.07, 6.45) is 4.01. The third kappa shape index (κ3) is 3.59. The average Bonchev–Trinajstić information content (AvgIpc) is 2.48. The lowest BCUT2D eigenvalue weighted by molar-refractivity contribution is 0.261. The first-order valence-electron chi connectivity index (χ1n) is 7.16. The Morgan fingerprint density at radius 2 is 1.84 bits per heavy atom. The summed E-state index contributed by atoms with van der Waals surface area (Å²) in [5.74, 6) is 11.9. The fourth-order valence-corrected chi connectivity index (χ4v) is 2.98. The zero-order valence-electron chi connectivity index (χ0n) is 12.4. The van der Waals surface area contributed by atoms with Gasteiger partial charge in [0.1, 0.15) is 0 Å². The highest BCUT2D eigenvalue weighted by molar-refractivity contribution is 5.27. The van der Waals surface area contributed by atoms with Crippen LogP contribution in [0.4, 0.5) is 0 Å². The summed E-state index contributed by atoms with van der Waals surface area (Å²) >= 11 is 0. The second kappa shape index (κ2) is 7.99. The van der Waals surface area contributed by atoms with Gasteiger partial charge >= 0.3 is 0 Å². The Bertz CT molecular complexity index is 410. The molecule has 104 valence electrons. The molecule has 0 saturated heterocycles.